The maximum atomic E-state index is 11.8. The Hall–Kier alpha value is -0.680. The fourth-order valence-electron chi connectivity index (χ4n) is 2.62. The van der Waals surface area contributed by atoms with E-state index in [4.69, 9.17) is 18.0 Å². The Morgan fingerprint density at radius 1 is 1.53 bits per heavy atom. The minimum Gasteiger partial charge on any atom is -0.393 e. The van der Waals surface area contributed by atoms with Gasteiger partial charge in [-0.1, -0.05) is 25.6 Å². The second-order valence-electron chi connectivity index (χ2n) is 5.39. The molecule has 1 rings (SSSR count). The van der Waals surface area contributed by atoms with Crippen LogP contribution in [0, 0.1) is 5.92 Å². The second-order valence-corrected chi connectivity index (χ2v) is 5.86. The van der Waals surface area contributed by atoms with E-state index in [0.29, 0.717) is 24.0 Å². The first kappa shape index (κ1) is 16.4. The van der Waals surface area contributed by atoms with Crippen LogP contribution in [0.5, 0.6) is 0 Å². The van der Waals surface area contributed by atoms with E-state index in [-0.39, 0.29) is 11.8 Å². The molecule has 0 aromatic heterocycles. The molecule has 1 saturated heterocycles. The van der Waals surface area contributed by atoms with Crippen LogP contribution in [-0.4, -0.2) is 41.5 Å². The molecule has 5 heteroatoms. The van der Waals surface area contributed by atoms with Crippen LogP contribution in [0.25, 0.3) is 0 Å². The molecule has 0 aliphatic carbocycles. The highest BCUT2D eigenvalue weighted by Gasteiger charge is 2.19. The fourth-order valence-corrected chi connectivity index (χ4v) is 2.90. The van der Waals surface area contributed by atoms with Gasteiger partial charge in [-0.05, 0) is 39.2 Å². The molecule has 1 aliphatic heterocycles. The smallest absolute Gasteiger partial charge is 0.229 e. The third-order valence-electron chi connectivity index (χ3n) is 3.93. The van der Waals surface area contributed by atoms with Gasteiger partial charge in [0.2, 0.25) is 5.91 Å². The predicted octanol–water partition coefficient (Wildman–Crippen LogP) is 1.68. The van der Waals surface area contributed by atoms with Crippen LogP contribution >= 0.6 is 12.2 Å². The largest absolute Gasteiger partial charge is 0.393 e. The molecule has 1 heterocycles. The number of carbonyl (C=O) groups excluding carboxylic acids is 1. The molecule has 0 bridgehead atoms. The molecule has 1 fully saturated rings. The number of nitrogens with zero attached hydrogens (tertiary/aromatic N) is 1. The Bertz CT molecular complexity index is 309. The van der Waals surface area contributed by atoms with Gasteiger partial charge in [-0.25, -0.2) is 0 Å². The van der Waals surface area contributed by atoms with Gasteiger partial charge in [0, 0.05) is 19.1 Å². The summed E-state index contributed by atoms with van der Waals surface area (Å²) in [6, 6.07) is 0.685. The third-order valence-corrected chi connectivity index (χ3v) is 4.21. The highest BCUT2D eigenvalue weighted by Crippen LogP contribution is 2.16. The van der Waals surface area contributed by atoms with E-state index in [9.17, 15) is 4.79 Å². The van der Waals surface area contributed by atoms with Crippen molar-refractivity contribution in [2.24, 2.45) is 11.7 Å². The quantitative estimate of drug-likeness (QED) is 0.552. The molecule has 1 aliphatic rings. The standard InChI is InChI=1S/C14H27N3OS/c1-3-12(13(15)19)14(18)16-8-6-10-17-9-5-4-7-11(17)2/h11-12H,3-10H2,1-2H3,(H2,15,19)(H,16,18). The molecule has 3 N–H and O–H groups in total. The summed E-state index contributed by atoms with van der Waals surface area (Å²) in [5, 5.41) is 2.94. The lowest BCUT2D eigenvalue weighted by atomic mass is 10.0. The molecule has 2 atom stereocenters. The molecule has 2 unspecified atom stereocenters. The summed E-state index contributed by atoms with van der Waals surface area (Å²) in [4.78, 5) is 14.6. The van der Waals surface area contributed by atoms with Crippen LogP contribution in [0.1, 0.15) is 46.0 Å². The number of hydrogen-bond acceptors (Lipinski definition) is 3. The van der Waals surface area contributed by atoms with Gasteiger partial charge in [0.1, 0.15) is 0 Å². The van der Waals surface area contributed by atoms with E-state index in [0.717, 1.165) is 13.0 Å². The van der Waals surface area contributed by atoms with Crippen molar-refractivity contribution in [3.63, 3.8) is 0 Å². The predicted molar refractivity (Wildman–Crippen MR) is 83.1 cm³/mol. The zero-order valence-corrected chi connectivity index (χ0v) is 13.0. The molecule has 19 heavy (non-hydrogen) atoms. The minimum absolute atomic E-state index is 0.0262. The van der Waals surface area contributed by atoms with Crippen molar-refractivity contribution < 1.29 is 4.79 Å². The van der Waals surface area contributed by atoms with Gasteiger partial charge in [-0.3, -0.25) is 4.79 Å². The normalized spacial score (nSPS) is 21.9. The Balaban J connectivity index is 2.19. The van der Waals surface area contributed by atoms with Crippen molar-refractivity contribution >= 4 is 23.1 Å². The Labute approximate surface area is 122 Å². The van der Waals surface area contributed by atoms with Gasteiger partial charge in [-0.2, -0.15) is 0 Å². The lowest BCUT2D eigenvalue weighted by Crippen LogP contribution is -2.41. The van der Waals surface area contributed by atoms with Crippen LogP contribution in [0.15, 0.2) is 0 Å². The van der Waals surface area contributed by atoms with Gasteiger partial charge in [0.25, 0.3) is 0 Å². The van der Waals surface area contributed by atoms with Crippen molar-refractivity contribution in [2.75, 3.05) is 19.6 Å². The van der Waals surface area contributed by atoms with Crippen LogP contribution in [0.2, 0.25) is 0 Å². The van der Waals surface area contributed by atoms with Crippen molar-refractivity contribution in [1.82, 2.24) is 10.2 Å². The van der Waals surface area contributed by atoms with E-state index in [1.807, 2.05) is 6.92 Å². The van der Waals surface area contributed by atoms with Crippen LogP contribution < -0.4 is 11.1 Å². The third kappa shape index (κ3) is 5.45. The number of carbonyl (C=O) groups is 1. The van der Waals surface area contributed by atoms with Crippen LogP contribution in [0.3, 0.4) is 0 Å². The molecule has 0 spiro atoms. The summed E-state index contributed by atoms with van der Waals surface area (Å²) >= 11 is 4.90. The van der Waals surface area contributed by atoms with Crippen molar-refractivity contribution in [1.29, 1.82) is 0 Å². The zero-order chi connectivity index (χ0) is 14.3. The van der Waals surface area contributed by atoms with E-state index in [1.165, 1.54) is 25.8 Å². The summed E-state index contributed by atoms with van der Waals surface area (Å²) in [7, 11) is 0. The van der Waals surface area contributed by atoms with Gasteiger partial charge in [0.15, 0.2) is 0 Å². The molecule has 0 aromatic carbocycles. The number of likely N-dealkylation sites (tertiary alicyclic amines) is 1. The highest BCUT2D eigenvalue weighted by atomic mass is 32.1. The molecule has 4 nitrogen and oxygen atoms in total. The summed E-state index contributed by atoms with van der Waals surface area (Å²) in [6.45, 7) is 7.18. The van der Waals surface area contributed by atoms with Gasteiger partial charge >= 0.3 is 0 Å². The van der Waals surface area contributed by atoms with Crippen LogP contribution in [0.4, 0.5) is 0 Å². The maximum absolute atomic E-state index is 11.8. The molecule has 0 aromatic rings. The van der Waals surface area contributed by atoms with Gasteiger partial charge in [-0.15, -0.1) is 0 Å². The topological polar surface area (TPSA) is 58.4 Å². The average Bonchev–Trinajstić information content (AvgIpc) is 2.37. The van der Waals surface area contributed by atoms with Gasteiger partial charge < -0.3 is 16.0 Å². The summed E-state index contributed by atoms with van der Waals surface area (Å²) in [5.74, 6) is -0.342. The number of nitrogens with two attached hydrogens (primary N) is 1. The summed E-state index contributed by atoms with van der Waals surface area (Å²) < 4.78 is 0. The molecule has 1 amide bonds. The first-order valence-corrected chi connectivity index (χ1v) is 7.78. The minimum atomic E-state index is -0.316. The number of piperidine rings is 1. The number of amides is 1. The second kappa shape index (κ2) is 8.48. The maximum Gasteiger partial charge on any atom is 0.229 e. The molecule has 0 radical (unpaired) electrons. The number of thiocarbonyl (C=S) groups is 1. The lowest BCUT2D eigenvalue weighted by molar-refractivity contribution is -0.123. The first-order chi connectivity index (χ1) is 9.06. The van der Waals surface area contributed by atoms with E-state index in [1.54, 1.807) is 0 Å². The van der Waals surface area contributed by atoms with Crippen molar-refractivity contribution in [3.8, 4) is 0 Å². The van der Waals surface area contributed by atoms with E-state index >= 15 is 0 Å². The molecular formula is C14H27N3OS. The SMILES string of the molecule is CCC(C(=O)NCCCN1CCCCC1C)C(N)=S. The first-order valence-electron chi connectivity index (χ1n) is 7.37. The number of hydrogen-bond donors (Lipinski definition) is 2. The molecular weight excluding hydrogens is 258 g/mol. The van der Waals surface area contributed by atoms with Crippen molar-refractivity contribution in [3.05, 3.63) is 0 Å². The Kier molecular flexibility index (Phi) is 7.31. The van der Waals surface area contributed by atoms with Crippen molar-refractivity contribution in [2.45, 2.75) is 52.0 Å². The Morgan fingerprint density at radius 3 is 2.84 bits per heavy atom. The average molecular weight is 285 g/mol. The van der Waals surface area contributed by atoms with Crippen LogP contribution in [-0.2, 0) is 4.79 Å². The lowest BCUT2D eigenvalue weighted by Gasteiger charge is -2.33. The summed E-state index contributed by atoms with van der Waals surface area (Å²) in [5.41, 5.74) is 5.55. The zero-order valence-electron chi connectivity index (χ0n) is 12.2. The van der Waals surface area contributed by atoms with Gasteiger partial charge in [0.05, 0.1) is 10.9 Å². The summed E-state index contributed by atoms with van der Waals surface area (Å²) in [6.07, 6.45) is 5.61. The molecule has 110 valence electrons. The number of rotatable bonds is 7. The molecule has 0 saturated carbocycles. The van der Waals surface area contributed by atoms with E-state index in [2.05, 4.69) is 17.1 Å². The highest BCUT2D eigenvalue weighted by molar-refractivity contribution is 7.80. The number of nitrogens with one attached hydrogen (secondary N) is 1. The Morgan fingerprint density at radius 2 is 2.26 bits per heavy atom. The monoisotopic (exact) mass is 285 g/mol. The fraction of sp³-hybridized carbons (Fsp3) is 0.857. The van der Waals surface area contributed by atoms with E-state index < -0.39 is 0 Å².